The van der Waals surface area contributed by atoms with Gasteiger partial charge in [-0.05, 0) is 66.1 Å². The molecule has 0 fully saturated rings. The molecule has 0 unspecified atom stereocenters. The van der Waals surface area contributed by atoms with E-state index in [-0.39, 0.29) is 18.3 Å². The molecule has 4 aromatic rings. The first-order chi connectivity index (χ1) is 17.4. The molecule has 0 saturated heterocycles. The number of likely N-dealkylation sites (N-methyl/N-ethyl adjacent to an activating group) is 1. The monoisotopic (exact) mass is 489 g/mol. The average molecular weight is 490 g/mol. The third kappa shape index (κ3) is 5.67. The Balaban J connectivity index is 1.60. The first-order valence-electron chi connectivity index (χ1n) is 11.5. The normalized spacial score (nSPS) is 11.2. The highest BCUT2D eigenvalue weighted by Gasteiger charge is 2.16. The highest BCUT2D eigenvalue weighted by molar-refractivity contribution is 5.74. The Hall–Kier alpha value is -3.88. The molecular weight excluding hydrogens is 461 g/mol. The summed E-state index contributed by atoms with van der Waals surface area (Å²) in [5, 5.41) is 4.17. The Kier molecular flexibility index (Phi) is 7.87. The lowest BCUT2D eigenvalue weighted by molar-refractivity contribution is -0.141. The van der Waals surface area contributed by atoms with Gasteiger partial charge in [0.15, 0.2) is 0 Å². The van der Waals surface area contributed by atoms with E-state index in [1.54, 1.807) is 20.1 Å². The van der Waals surface area contributed by atoms with Crippen LogP contribution in [0.2, 0.25) is 0 Å². The zero-order chi connectivity index (χ0) is 25.7. The molecular formula is C28H28FN3O4. The Morgan fingerprint density at radius 2 is 1.83 bits per heavy atom. The van der Waals surface area contributed by atoms with Crippen molar-refractivity contribution in [2.24, 2.45) is 0 Å². The molecule has 0 aliphatic rings. The summed E-state index contributed by atoms with van der Waals surface area (Å²) in [5.41, 5.74) is 5.72. The second-order valence-electron chi connectivity index (χ2n) is 8.59. The molecule has 0 N–H and O–H groups in total. The van der Waals surface area contributed by atoms with E-state index in [4.69, 9.17) is 14.0 Å². The first-order valence-corrected chi connectivity index (χ1v) is 11.5. The second kappa shape index (κ2) is 11.2. The van der Waals surface area contributed by atoms with Gasteiger partial charge in [-0.1, -0.05) is 41.6 Å². The molecule has 3 aromatic carbocycles. The number of hydrogen-bond acceptors (Lipinski definition) is 7. The van der Waals surface area contributed by atoms with Crippen molar-refractivity contribution in [3.8, 4) is 34.0 Å². The summed E-state index contributed by atoms with van der Waals surface area (Å²) in [6, 6.07) is 18.6. The van der Waals surface area contributed by atoms with E-state index in [2.05, 4.69) is 10.1 Å². The Morgan fingerprint density at radius 1 is 1.03 bits per heavy atom. The maximum absolute atomic E-state index is 14.2. The fraction of sp³-hybridized carbons (Fsp3) is 0.250. The molecule has 0 bridgehead atoms. The second-order valence-corrected chi connectivity index (χ2v) is 8.59. The molecule has 36 heavy (non-hydrogen) atoms. The summed E-state index contributed by atoms with van der Waals surface area (Å²) in [4.78, 5) is 18.0. The molecule has 0 amide bonds. The van der Waals surface area contributed by atoms with Gasteiger partial charge in [-0.3, -0.25) is 9.69 Å². The van der Waals surface area contributed by atoms with Crippen molar-refractivity contribution >= 4 is 5.97 Å². The van der Waals surface area contributed by atoms with Gasteiger partial charge < -0.3 is 14.0 Å². The quantitative estimate of drug-likeness (QED) is 0.297. The molecule has 0 radical (unpaired) electrons. The van der Waals surface area contributed by atoms with Crippen LogP contribution in [0.4, 0.5) is 4.39 Å². The molecule has 0 aliphatic carbocycles. The summed E-state index contributed by atoms with van der Waals surface area (Å²) < 4.78 is 29.9. The van der Waals surface area contributed by atoms with E-state index in [9.17, 15) is 9.18 Å². The van der Waals surface area contributed by atoms with Crippen LogP contribution < -0.4 is 0 Å². The lowest BCUT2D eigenvalue weighted by atomic mass is 9.94. The van der Waals surface area contributed by atoms with Gasteiger partial charge >= 0.3 is 5.97 Å². The Labute approximate surface area is 209 Å². The van der Waals surface area contributed by atoms with Gasteiger partial charge in [0, 0.05) is 24.8 Å². The summed E-state index contributed by atoms with van der Waals surface area (Å²) in [5.74, 6) is 0.294. The van der Waals surface area contributed by atoms with E-state index in [1.807, 2.05) is 60.5 Å². The van der Waals surface area contributed by atoms with Crippen molar-refractivity contribution in [3.63, 3.8) is 0 Å². The fourth-order valence-electron chi connectivity index (χ4n) is 4.08. The summed E-state index contributed by atoms with van der Waals surface area (Å²) in [6.45, 7) is 2.87. The minimum absolute atomic E-state index is 0.196. The smallest absolute Gasteiger partial charge is 0.319 e. The summed E-state index contributed by atoms with van der Waals surface area (Å²) >= 11 is 0. The highest BCUT2D eigenvalue weighted by atomic mass is 19.1. The van der Waals surface area contributed by atoms with Gasteiger partial charge in [0.05, 0.1) is 20.3 Å². The lowest BCUT2D eigenvalue weighted by Gasteiger charge is -2.15. The van der Waals surface area contributed by atoms with Crippen LogP contribution in [0.15, 0.2) is 65.2 Å². The van der Waals surface area contributed by atoms with Gasteiger partial charge in [-0.25, -0.2) is 4.39 Å². The van der Waals surface area contributed by atoms with Gasteiger partial charge in [0.2, 0.25) is 5.82 Å². The Morgan fingerprint density at radius 3 is 2.61 bits per heavy atom. The number of benzene rings is 3. The zero-order valence-corrected chi connectivity index (χ0v) is 20.7. The molecule has 0 aliphatic heterocycles. The molecule has 8 heteroatoms. The highest BCUT2D eigenvalue weighted by Crippen LogP contribution is 2.32. The number of hydrogen-bond donors (Lipinski definition) is 0. The number of rotatable bonds is 9. The third-order valence-corrected chi connectivity index (χ3v) is 5.90. The molecule has 186 valence electrons. The van der Waals surface area contributed by atoms with Crippen molar-refractivity contribution in [1.82, 2.24) is 15.0 Å². The number of halogens is 1. The van der Waals surface area contributed by atoms with Gasteiger partial charge in [0.25, 0.3) is 5.89 Å². The molecule has 1 aromatic heterocycles. The number of nitrogens with zero attached hydrogens (tertiary/aromatic N) is 3. The molecule has 0 atom stereocenters. The number of aromatic nitrogens is 2. The van der Waals surface area contributed by atoms with Crippen LogP contribution in [0.1, 0.15) is 16.7 Å². The van der Waals surface area contributed by atoms with Crippen molar-refractivity contribution in [1.29, 1.82) is 0 Å². The van der Waals surface area contributed by atoms with E-state index >= 15 is 0 Å². The fourth-order valence-corrected chi connectivity index (χ4v) is 4.08. The average Bonchev–Trinajstić information content (AvgIpc) is 3.37. The minimum Gasteiger partial charge on any atom is -0.468 e. The maximum Gasteiger partial charge on any atom is 0.319 e. The SMILES string of the molecule is COCc1cc(-c2nc(-c3cccc(CN(C)CC(=O)OC)c3)no2)ccc1-c1cccc(F)c1C. The molecule has 1 heterocycles. The maximum atomic E-state index is 14.2. The van der Waals surface area contributed by atoms with Crippen LogP contribution in [0.25, 0.3) is 34.0 Å². The van der Waals surface area contributed by atoms with E-state index < -0.39 is 0 Å². The molecule has 7 nitrogen and oxygen atoms in total. The van der Waals surface area contributed by atoms with Gasteiger partial charge in [0.1, 0.15) is 5.82 Å². The third-order valence-electron chi connectivity index (χ3n) is 5.90. The largest absolute Gasteiger partial charge is 0.468 e. The van der Waals surface area contributed by atoms with Crippen molar-refractivity contribution in [2.75, 3.05) is 27.8 Å². The minimum atomic E-state index is -0.289. The van der Waals surface area contributed by atoms with E-state index in [0.29, 0.717) is 30.4 Å². The summed E-state index contributed by atoms with van der Waals surface area (Å²) in [7, 11) is 4.84. The summed E-state index contributed by atoms with van der Waals surface area (Å²) in [6.07, 6.45) is 0. The van der Waals surface area contributed by atoms with Crippen LogP contribution in [-0.2, 0) is 27.4 Å². The topological polar surface area (TPSA) is 77.7 Å². The number of esters is 1. The number of methoxy groups -OCH3 is 2. The molecule has 0 spiro atoms. The van der Waals surface area contributed by atoms with Crippen molar-refractivity contribution < 1.29 is 23.2 Å². The lowest BCUT2D eigenvalue weighted by Crippen LogP contribution is -2.26. The van der Waals surface area contributed by atoms with E-state index in [0.717, 1.165) is 33.4 Å². The number of carbonyl (C=O) groups excluding carboxylic acids is 1. The predicted molar refractivity (Wildman–Crippen MR) is 134 cm³/mol. The molecule has 0 saturated carbocycles. The van der Waals surface area contributed by atoms with Crippen LogP contribution in [0.5, 0.6) is 0 Å². The Bertz CT molecular complexity index is 1370. The van der Waals surface area contributed by atoms with Crippen LogP contribution in [-0.4, -0.2) is 48.8 Å². The van der Waals surface area contributed by atoms with Gasteiger partial charge in [-0.15, -0.1) is 0 Å². The van der Waals surface area contributed by atoms with Gasteiger partial charge in [-0.2, -0.15) is 4.98 Å². The van der Waals surface area contributed by atoms with Crippen LogP contribution in [0, 0.1) is 12.7 Å². The zero-order valence-electron chi connectivity index (χ0n) is 20.7. The van der Waals surface area contributed by atoms with Crippen molar-refractivity contribution in [3.05, 3.63) is 83.2 Å². The predicted octanol–water partition coefficient (Wildman–Crippen LogP) is 5.27. The van der Waals surface area contributed by atoms with Crippen LogP contribution in [0.3, 0.4) is 0 Å². The molecule has 4 rings (SSSR count). The van der Waals surface area contributed by atoms with Crippen LogP contribution >= 0.6 is 0 Å². The number of carbonyl (C=O) groups is 1. The standard InChI is InChI=1S/C28H28FN3O4/c1-18-23(9-6-10-25(18)29)24-12-11-21(14-22(24)17-34-3)28-30-27(31-36-28)20-8-5-7-19(13-20)15-32(2)16-26(33)35-4/h5-14H,15-17H2,1-4H3. The first kappa shape index (κ1) is 25.2. The number of ether oxygens (including phenoxy) is 2. The van der Waals surface area contributed by atoms with Crippen molar-refractivity contribution in [2.45, 2.75) is 20.1 Å². The van der Waals surface area contributed by atoms with E-state index in [1.165, 1.54) is 13.2 Å².